The van der Waals surface area contributed by atoms with Crippen molar-refractivity contribution in [3.8, 4) is 0 Å². The zero-order valence-corrected chi connectivity index (χ0v) is 3.36. The van der Waals surface area contributed by atoms with E-state index in [1.54, 1.807) is 0 Å². The lowest BCUT2D eigenvalue weighted by Gasteiger charge is -0.970. The molecule has 0 rings (SSSR count). The van der Waals surface area contributed by atoms with E-state index in [1.807, 2.05) is 0 Å². The first-order valence-electron chi connectivity index (χ1n) is 0.408. The number of carbonyl (C=O) groups excluding carboxylic acids is 1. The van der Waals surface area contributed by atoms with E-state index in [0.29, 0.717) is 0 Å². The van der Waals surface area contributed by atoms with Crippen molar-refractivity contribution < 1.29 is 4.79 Å². The predicted molar refractivity (Wildman–Crippen MR) is 20.5 cm³/mol. The Bertz CT molecular complexity index is 29.0. The lowest BCUT2D eigenvalue weighted by atomic mass is 11.9. The first kappa shape index (κ1) is 8.94. The molecule has 0 aromatic rings. The van der Waals surface area contributed by atoms with Crippen LogP contribution < -0.4 is 0 Å². The minimum Gasteiger partial charge on any atom is -0.220 e. The number of hydrogen-bond donors (Lipinski definition) is 0. The maximum Gasteiger partial charge on any atom is 0.202 e. The van der Waals surface area contributed by atoms with Gasteiger partial charge in [-0.2, -0.15) is 0 Å². The third kappa shape index (κ3) is 307. The Hall–Kier alpha value is 0.0900. The molecule has 0 aliphatic rings. The molecule has 3 heteroatoms. The number of rotatable bonds is 0. The molecule has 0 aromatic carbocycles. The molecule has 0 saturated carbocycles. The molecule has 0 bridgehead atoms. The summed E-state index contributed by atoms with van der Waals surface area (Å²) >= 11 is 3.59. The zero-order chi connectivity index (χ0) is 2.71. The van der Waals surface area contributed by atoms with Gasteiger partial charge in [0.25, 0.3) is 0 Å². The molecular weight excluding hydrogens is 95.5 g/mol. The monoisotopic (exact) mass is 95.9 g/mol. The van der Waals surface area contributed by atoms with Gasteiger partial charge in [-0.15, -0.1) is 12.4 Å². The third-order valence-electron chi connectivity index (χ3n) is 0. The van der Waals surface area contributed by atoms with E-state index >= 15 is 0 Å². The van der Waals surface area contributed by atoms with Crippen LogP contribution in [0.1, 0.15) is 0 Å². The van der Waals surface area contributed by atoms with E-state index in [0.717, 1.165) is 5.23 Å². The molecule has 0 aromatic heterocycles. The van der Waals surface area contributed by atoms with Crippen molar-refractivity contribution in [2.45, 2.75) is 0 Å². The van der Waals surface area contributed by atoms with Crippen LogP contribution in [0.3, 0.4) is 0 Å². The van der Waals surface area contributed by atoms with Crippen molar-refractivity contribution in [1.29, 1.82) is 0 Å². The Balaban J connectivity index is 0. The van der Waals surface area contributed by atoms with Gasteiger partial charge in [-0.1, -0.05) is 0 Å². The Morgan fingerprint density at radius 2 is 1.75 bits per heavy atom. The largest absolute Gasteiger partial charge is 0.220 e. The van der Waals surface area contributed by atoms with Crippen LogP contribution in [0.15, 0.2) is 0 Å². The van der Waals surface area contributed by atoms with Crippen molar-refractivity contribution in [1.82, 2.24) is 0 Å². The second-order valence-corrected chi connectivity index (χ2v) is 0.250. The van der Waals surface area contributed by atoms with Crippen LogP contribution in [0, 0.1) is 0 Å². The predicted octanol–water partition coefficient (Wildman–Crippen LogP) is 0.673. The minimum atomic E-state index is 0. The molecule has 0 radical (unpaired) electrons. The molecule has 0 aliphatic carbocycles. The summed E-state index contributed by atoms with van der Waals surface area (Å²) in [5.41, 5.74) is 0. The van der Waals surface area contributed by atoms with Crippen LogP contribution in [0.5, 0.6) is 0 Å². The zero-order valence-electron chi connectivity index (χ0n) is 1.72. The summed E-state index contributed by atoms with van der Waals surface area (Å²) in [5.74, 6) is 0. The summed E-state index contributed by atoms with van der Waals surface area (Å²) in [6.07, 6.45) is 0. The minimum absolute atomic E-state index is 0. The summed E-state index contributed by atoms with van der Waals surface area (Å²) < 4.78 is 0. The number of thiocarbonyl (C=S) groups is 1. The summed E-state index contributed by atoms with van der Waals surface area (Å²) in [7, 11) is 0. The van der Waals surface area contributed by atoms with Crippen LogP contribution in [0.2, 0.25) is 0 Å². The van der Waals surface area contributed by atoms with Gasteiger partial charge < -0.3 is 0 Å². The highest BCUT2D eigenvalue weighted by Crippen LogP contribution is 1.14. The standard InChI is InChI=1S/COS.ClH/c2-1-3;/h;1H. The molecule has 0 N–H and O–H groups in total. The van der Waals surface area contributed by atoms with Crippen molar-refractivity contribution in [3.05, 3.63) is 0 Å². The quantitative estimate of drug-likeness (QED) is 0.413. The Kier molecular flexibility index (Phi) is 25.4. The highest BCUT2D eigenvalue weighted by Gasteiger charge is 1.07. The molecular formula is CHClOS. The van der Waals surface area contributed by atoms with E-state index in [2.05, 4.69) is 12.2 Å². The lowest BCUT2D eigenvalue weighted by molar-refractivity contribution is 0.572. The van der Waals surface area contributed by atoms with Crippen molar-refractivity contribution >= 4 is 29.9 Å². The lowest BCUT2D eigenvalue weighted by Crippen LogP contribution is -1.08. The fourth-order valence-corrected chi connectivity index (χ4v) is 0. The van der Waals surface area contributed by atoms with Crippen molar-refractivity contribution in [3.63, 3.8) is 0 Å². The molecule has 0 spiro atoms. The molecule has 1 nitrogen and oxygen atoms in total. The van der Waals surface area contributed by atoms with E-state index < -0.39 is 0 Å². The fourth-order valence-electron chi connectivity index (χ4n) is 0. The van der Waals surface area contributed by atoms with E-state index in [4.69, 9.17) is 4.79 Å². The fraction of sp³-hybridized carbons (Fsp3) is 0. The van der Waals surface area contributed by atoms with Gasteiger partial charge in [-0.3, -0.25) is 0 Å². The van der Waals surface area contributed by atoms with E-state index in [9.17, 15) is 0 Å². The molecule has 0 heterocycles. The summed E-state index contributed by atoms with van der Waals surface area (Å²) in [6, 6.07) is 0. The van der Waals surface area contributed by atoms with Gasteiger partial charge in [-0.25, -0.2) is 4.79 Å². The second-order valence-electron chi connectivity index (χ2n) is 0.0833. The highest BCUT2D eigenvalue weighted by molar-refractivity contribution is 7.78. The summed E-state index contributed by atoms with van der Waals surface area (Å²) in [6.45, 7) is 0. The summed E-state index contributed by atoms with van der Waals surface area (Å²) in [5, 5.41) is 1.08. The topological polar surface area (TPSA) is 17.1 Å². The van der Waals surface area contributed by atoms with Crippen LogP contribution in [0.25, 0.3) is 0 Å². The van der Waals surface area contributed by atoms with Crippen LogP contribution in [0.4, 0.5) is 0 Å². The van der Waals surface area contributed by atoms with Crippen molar-refractivity contribution in [2.24, 2.45) is 0 Å². The van der Waals surface area contributed by atoms with Gasteiger partial charge in [0.2, 0.25) is 5.23 Å². The average Bonchev–Trinajstić information content (AvgIpc) is 0.918. The smallest absolute Gasteiger partial charge is 0.202 e. The SMILES string of the molecule is Cl.O=C=S. The second kappa shape index (κ2) is 11.4. The molecule has 0 fully saturated rings. The van der Waals surface area contributed by atoms with Crippen LogP contribution in [-0.2, 0) is 4.79 Å². The van der Waals surface area contributed by atoms with Crippen molar-refractivity contribution in [2.75, 3.05) is 0 Å². The van der Waals surface area contributed by atoms with Gasteiger partial charge in [-0.05, 0) is 0 Å². The average molecular weight is 96.5 g/mol. The summed E-state index contributed by atoms with van der Waals surface area (Å²) in [4.78, 5) is 8.50. The van der Waals surface area contributed by atoms with Gasteiger partial charge in [0.15, 0.2) is 0 Å². The van der Waals surface area contributed by atoms with Gasteiger partial charge in [0.1, 0.15) is 0 Å². The van der Waals surface area contributed by atoms with Crippen LogP contribution in [-0.4, -0.2) is 5.23 Å². The molecule has 0 aliphatic heterocycles. The van der Waals surface area contributed by atoms with Gasteiger partial charge in [0.05, 0.1) is 0 Å². The normalized spacial score (nSPS) is 2.00. The molecule has 0 unspecified atom stereocenters. The maximum absolute atomic E-state index is 8.50. The molecule has 0 atom stereocenters. The molecule has 0 amide bonds. The van der Waals surface area contributed by atoms with Gasteiger partial charge >= 0.3 is 0 Å². The van der Waals surface area contributed by atoms with E-state index in [1.165, 1.54) is 0 Å². The van der Waals surface area contributed by atoms with E-state index in [-0.39, 0.29) is 12.4 Å². The molecule has 0 saturated heterocycles. The number of halogens is 1. The third-order valence-corrected chi connectivity index (χ3v) is 0. The molecule has 24 valence electrons. The first-order valence-corrected chi connectivity index (χ1v) is 0.816. The van der Waals surface area contributed by atoms with Crippen LogP contribution >= 0.6 is 24.6 Å². The first-order chi connectivity index (χ1) is 1.41. The Morgan fingerprint density at radius 3 is 1.75 bits per heavy atom. The Labute approximate surface area is 35.4 Å². The number of hydrogen-bond acceptors (Lipinski definition) is 2. The molecule has 4 heavy (non-hydrogen) atoms. The highest BCUT2D eigenvalue weighted by atomic mass is 35.5. The van der Waals surface area contributed by atoms with Gasteiger partial charge in [0, 0.05) is 12.2 Å². The Morgan fingerprint density at radius 1 is 1.75 bits per heavy atom. The maximum atomic E-state index is 8.50.